The van der Waals surface area contributed by atoms with Crippen LogP contribution in [0.4, 0.5) is 5.82 Å². The predicted octanol–water partition coefficient (Wildman–Crippen LogP) is 1.09. The van der Waals surface area contributed by atoms with Crippen molar-refractivity contribution in [3.63, 3.8) is 0 Å². The number of aryl methyl sites for hydroxylation is 1. The van der Waals surface area contributed by atoms with Gasteiger partial charge in [0.2, 0.25) is 5.75 Å². The zero-order chi connectivity index (χ0) is 13.0. The summed E-state index contributed by atoms with van der Waals surface area (Å²) in [7, 11) is 1.44. The number of methoxy groups -OCH3 is 1. The minimum atomic E-state index is -0.304. The number of rotatable bonds is 4. The fourth-order valence-electron chi connectivity index (χ4n) is 1.58. The van der Waals surface area contributed by atoms with E-state index in [1.807, 2.05) is 13.0 Å². The summed E-state index contributed by atoms with van der Waals surface area (Å²) in [6.45, 7) is 2.54. The summed E-state index contributed by atoms with van der Waals surface area (Å²) >= 11 is 0. The highest BCUT2D eigenvalue weighted by atomic mass is 16.5. The minimum Gasteiger partial charge on any atom is -0.489 e. The number of nitrogens with zero attached hydrogens (tertiary/aromatic N) is 2. The predicted molar refractivity (Wildman–Crippen MR) is 67.7 cm³/mol. The fourth-order valence-corrected chi connectivity index (χ4v) is 1.58. The van der Waals surface area contributed by atoms with Crippen LogP contribution in [-0.2, 0) is 6.54 Å². The van der Waals surface area contributed by atoms with Crippen molar-refractivity contribution >= 4 is 5.82 Å². The highest BCUT2D eigenvalue weighted by Gasteiger charge is 2.08. The van der Waals surface area contributed by atoms with Gasteiger partial charge in [-0.2, -0.15) is 0 Å². The van der Waals surface area contributed by atoms with Crippen LogP contribution < -0.4 is 15.6 Å². The van der Waals surface area contributed by atoms with E-state index >= 15 is 0 Å². The lowest BCUT2D eigenvalue weighted by atomic mass is 10.1. The van der Waals surface area contributed by atoms with Crippen LogP contribution in [0.3, 0.4) is 0 Å². The van der Waals surface area contributed by atoms with Crippen molar-refractivity contribution in [2.45, 2.75) is 13.5 Å². The van der Waals surface area contributed by atoms with E-state index < -0.39 is 0 Å². The second-order valence-corrected chi connectivity index (χ2v) is 3.77. The Morgan fingerprint density at radius 1 is 1.50 bits per heavy atom. The molecule has 0 atom stereocenters. The number of pyridine rings is 1. The van der Waals surface area contributed by atoms with Crippen LogP contribution in [0.2, 0.25) is 0 Å². The third-order valence-electron chi connectivity index (χ3n) is 2.60. The van der Waals surface area contributed by atoms with Crippen LogP contribution in [0, 0.1) is 6.92 Å². The smallest absolute Gasteiger partial charge is 0.295 e. The molecule has 0 radical (unpaired) electrons. The van der Waals surface area contributed by atoms with Gasteiger partial charge in [0.15, 0.2) is 5.82 Å². The quantitative estimate of drug-likeness (QED) is 0.844. The van der Waals surface area contributed by atoms with Gasteiger partial charge < -0.3 is 15.0 Å². The summed E-state index contributed by atoms with van der Waals surface area (Å²) in [4.78, 5) is 22.0. The van der Waals surface area contributed by atoms with Gasteiger partial charge in [0.1, 0.15) is 0 Å². The first-order valence-corrected chi connectivity index (χ1v) is 5.47. The molecule has 2 aromatic rings. The summed E-state index contributed by atoms with van der Waals surface area (Å²) in [6.07, 6.45) is 4.86. The molecular weight excluding hydrogens is 232 g/mol. The molecule has 2 rings (SSSR count). The SMILES string of the molecule is COc1c(NCc2ccncc2C)nc[nH]c1=O. The third kappa shape index (κ3) is 2.48. The molecule has 0 amide bonds. The van der Waals surface area contributed by atoms with Crippen molar-refractivity contribution in [3.8, 4) is 5.75 Å². The molecule has 0 saturated heterocycles. The summed E-state index contributed by atoms with van der Waals surface area (Å²) in [6, 6.07) is 1.92. The lowest BCUT2D eigenvalue weighted by Crippen LogP contribution is -2.14. The molecule has 2 N–H and O–H groups in total. The summed E-state index contributed by atoms with van der Waals surface area (Å²) < 4.78 is 5.01. The molecule has 0 saturated carbocycles. The molecule has 2 aromatic heterocycles. The number of hydrogen-bond acceptors (Lipinski definition) is 5. The van der Waals surface area contributed by atoms with Crippen molar-refractivity contribution in [2.24, 2.45) is 0 Å². The molecule has 0 aromatic carbocycles. The van der Waals surface area contributed by atoms with Gasteiger partial charge in [-0.05, 0) is 24.1 Å². The van der Waals surface area contributed by atoms with Crippen molar-refractivity contribution in [3.05, 3.63) is 46.3 Å². The van der Waals surface area contributed by atoms with E-state index in [-0.39, 0.29) is 11.3 Å². The van der Waals surface area contributed by atoms with E-state index in [1.54, 1.807) is 12.4 Å². The number of anilines is 1. The van der Waals surface area contributed by atoms with Crippen LogP contribution in [0.5, 0.6) is 5.75 Å². The van der Waals surface area contributed by atoms with Crippen LogP contribution in [0.25, 0.3) is 0 Å². The molecule has 0 aliphatic carbocycles. The average molecular weight is 246 g/mol. The van der Waals surface area contributed by atoms with E-state index in [9.17, 15) is 4.79 Å². The van der Waals surface area contributed by atoms with E-state index in [0.29, 0.717) is 12.4 Å². The van der Waals surface area contributed by atoms with Crippen LogP contribution in [0.15, 0.2) is 29.6 Å². The Balaban J connectivity index is 2.19. The molecule has 94 valence electrons. The lowest BCUT2D eigenvalue weighted by molar-refractivity contribution is 0.408. The first kappa shape index (κ1) is 12.1. The third-order valence-corrected chi connectivity index (χ3v) is 2.60. The van der Waals surface area contributed by atoms with Gasteiger partial charge in [0.25, 0.3) is 5.56 Å². The van der Waals surface area contributed by atoms with E-state index in [1.165, 1.54) is 13.4 Å². The second kappa shape index (κ2) is 5.31. The molecule has 6 heteroatoms. The zero-order valence-corrected chi connectivity index (χ0v) is 10.2. The van der Waals surface area contributed by atoms with Gasteiger partial charge in [-0.3, -0.25) is 9.78 Å². The van der Waals surface area contributed by atoms with E-state index in [0.717, 1.165) is 11.1 Å². The van der Waals surface area contributed by atoms with Crippen LogP contribution in [-0.4, -0.2) is 22.1 Å². The number of nitrogens with one attached hydrogen (secondary N) is 2. The van der Waals surface area contributed by atoms with Crippen molar-refractivity contribution in [2.75, 3.05) is 12.4 Å². The second-order valence-electron chi connectivity index (χ2n) is 3.77. The average Bonchev–Trinajstić information content (AvgIpc) is 2.38. The van der Waals surface area contributed by atoms with Crippen molar-refractivity contribution < 1.29 is 4.74 Å². The molecule has 0 aliphatic rings. The standard InChI is InChI=1S/C12H14N4O2/c1-8-5-13-4-3-9(8)6-14-11-10(18-2)12(17)16-7-15-11/h3-5,7H,6H2,1-2H3,(H2,14,15,16,17). The number of aromatic amines is 1. The Labute approximate surface area is 104 Å². The first-order valence-electron chi connectivity index (χ1n) is 5.47. The maximum Gasteiger partial charge on any atom is 0.295 e. The van der Waals surface area contributed by atoms with Gasteiger partial charge in [-0.25, -0.2) is 4.98 Å². The Kier molecular flexibility index (Phi) is 3.57. The fraction of sp³-hybridized carbons (Fsp3) is 0.250. The Hall–Kier alpha value is -2.37. The molecule has 18 heavy (non-hydrogen) atoms. The highest BCUT2D eigenvalue weighted by molar-refractivity contribution is 5.48. The molecule has 0 aliphatic heterocycles. The maximum atomic E-state index is 11.5. The highest BCUT2D eigenvalue weighted by Crippen LogP contribution is 2.16. The largest absolute Gasteiger partial charge is 0.489 e. The topological polar surface area (TPSA) is 79.9 Å². The molecular formula is C12H14N4O2. The summed E-state index contributed by atoms with van der Waals surface area (Å²) in [5.74, 6) is 0.613. The normalized spacial score (nSPS) is 10.1. The minimum absolute atomic E-state index is 0.184. The zero-order valence-electron chi connectivity index (χ0n) is 10.2. The molecule has 0 spiro atoms. The number of H-pyrrole nitrogens is 1. The Bertz CT molecular complexity index is 595. The summed E-state index contributed by atoms with van der Waals surface area (Å²) in [5, 5.41) is 3.08. The molecule has 0 bridgehead atoms. The van der Waals surface area contributed by atoms with Gasteiger partial charge in [-0.1, -0.05) is 0 Å². The molecule has 6 nitrogen and oxygen atoms in total. The Morgan fingerprint density at radius 3 is 3.06 bits per heavy atom. The number of hydrogen-bond donors (Lipinski definition) is 2. The van der Waals surface area contributed by atoms with Crippen molar-refractivity contribution in [1.29, 1.82) is 0 Å². The monoisotopic (exact) mass is 246 g/mol. The molecule has 0 fully saturated rings. The maximum absolute atomic E-state index is 11.5. The van der Waals surface area contributed by atoms with Gasteiger partial charge in [0, 0.05) is 18.9 Å². The van der Waals surface area contributed by atoms with Crippen LogP contribution >= 0.6 is 0 Å². The summed E-state index contributed by atoms with van der Waals surface area (Å²) in [5.41, 5.74) is 1.87. The van der Waals surface area contributed by atoms with E-state index in [4.69, 9.17) is 4.74 Å². The molecule has 2 heterocycles. The first-order chi connectivity index (χ1) is 8.72. The van der Waals surface area contributed by atoms with Crippen molar-refractivity contribution in [1.82, 2.24) is 15.0 Å². The number of aromatic nitrogens is 3. The molecule has 0 unspecified atom stereocenters. The van der Waals surface area contributed by atoms with Gasteiger partial charge in [0.05, 0.1) is 13.4 Å². The van der Waals surface area contributed by atoms with Gasteiger partial charge in [-0.15, -0.1) is 0 Å². The lowest BCUT2D eigenvalue weighted by Gasteiger charge is -2.10. The van der Waals surface area contributed by atoms with E-state index in [2.05, 4.69) is 20.3 Å². The number of ether oxygens (including phenoxy) is 1. The van der Waals surface area contributed by atoms with Gasteiger partial charge >= 0.3 is 0 Å². The van der Waals surface area contributed by atoms with Crippen LogP contribution in [0.1, 0.15) is 11.1 Å². The Morgan fingerprint density at radius 2 is 2.33 bits per heavy atom.